The summed E-state index contributed by atoms with van der Waals surface area (Å²) in [4.78, 5) is 31.0. The largest absolute Gasteiger partial charge is 0.493 e. The highest BCUT2D eigenvalue weighted by molar-refractivity contribution is 5.91. The summed E-state index contributed by atoms with van der Waals surface area (Å²) in [6.45, 7) is 0.478. The molecule has 7 nitrogen and oxygen atoms in total. The van der Waals surface area contributed by atoms with Crippen LogP contribution < -0.4 is 20.6 Å². The molecule has 0 saturated heterocycles. The van der Waals surface area contributed by atoms with E-state index in [9.17, 15) is 9.59 Å². The molecular weight excluding hydrogens is 430 g/mol. The Morgan fingerprint density at radius 2 is 1.47 bits per heavy atom. The molecule has 5 rings (SSSR count). The highest BCUT2D eigenvalue weighted by Gasteiger charge is 2.11. The minimum absolute atomic E-state index is 0.179. The van der Waals surface area contributed by atoms with Crippen LogP contribution in [-0.2, 0) is 13.0 Å². The van der Waals surface area contributed by atoms with Crippen LogP contribution in [0.2, 0.25) is 0 Å². The lowest BCUT2D eigenvalue weighted by Crippen LogP contribution is -2.22. The minimum atomic E-state index is -0.210. The van der Waals surface area contributed by atoms with E-state index in [0.29, 0.717) is 46.3 Å². The molecule has 5 aromatic rings. The van der Waals surface area contributed by atoms with Gasteiger partial charge in [0.1, 0.15) is 0 Å². The van der Waals surface area contributed by atoms with Crippen LogP contribution in [0.4, 0.5) is 0 Å². The van der Waals surface area contributed by atoms with Gasteiger partial charge in [-0.15, -0.1) is 0 Å². The molecule has 0 aliphatic heterocycles. The van der Waals surface area contributed by atoms with Crippen LogP contribution in [0.25, 0.3) is 27.5 Å². The Kier molecular flexibility index (Phi) is 5.59. The van der Waals surface area contributed by atoms with Gasteiger partial charge >= 0.3 is 0 Å². The molecule has 0 atom stereocenters. The zero-order valence-electron chi connectivity index (χ0n) is 18.9. The summed E-state index contributed by atoms with van der Waals surface area (Å²) >= 11 is 0. The Morgan fingerprint density at radius 3 is 2.21 bits per heavy atom. The van der Waals surface area contributed by atoms with Crippen molar-refractivity contribution in [2.45, 2.75) is 13.0 Å². The molecule has 0 unspecified atom stereocenters. The lowest BCUT2D eigenvalue weighted by atomic mass is 10.1. The lowest BCUT2D eigenvalue weighted by molar-refractivity contribution is 0.354. The minimum Gasteiger partial charge on any atom is -0.493 e. The monoisotopic (exact) mass is 453 g/mol. The van der Waals surface area contributed by atoms with E-state index in [-0.39, 0.29) is 11.1 Å². The summed E-state index contributed by atoms with van der Waals surface area (Å²) in [6.07, 6.45) is 4.09. The fourth-order valence-electron chi connectivity index (χ4n) is 4.12. The first kappa shape index (κ1) is 21.5. The Hall–Kier alpha value is -4.39. The van der Waals surface area contributed by atoms with E-state index in [1.807, 2.05) is 54.6 Å². The quantitative estimate of drug-likeness (QED) is 0.364. The highest BCUT2D eigenvalue weighted by atomic mass is 16.5. The average Bonchev–Trinajstić information content (AvgIpc) is 2.88. The summed E-state index contributed by atoms with van der Waals surface area (Å²) in [5.41, 5.74) is 2.52. The van der Waals surface area contributed by atoms with Crippen molar-refractivity contribution < 1.29 is 9.47 Å². The second kappa shape index (κ2) is 8.86. The Morgan fingerprint density at radius 1 is 0.765 bits per heavy atom. The number of nitrogens with zero attached hydrogens (tertiary/aromatic N) is 3. The van der Waals surface area contributed by atoms with Crippen molar-refractivity contribution in [2.75, 3.05) is 14.2 Å². The molecular formula is C27H23N3O4. The number of para-hydroxylation sites is 1. The zero-order valence-corrected chi connectivity index (χ0v) is 18.9. The third-order valence-corrected chi connectivity index (χ3v) is 5.94. The van der Waals surface area contributed by atoms with Gasteiger partial charge in [-0.2, -0.15) is 0 Å². The molecule has 2 aromatic carbocycles. The summed E-state index contributed by atoms with van der Waals surface area (Å²) in [7, 11) is 3.19. The van der Waals surface area contributed by atoms with Crippen molar-refractivity contribution in [3.63, 3.8) is 0 Å². The molecule has 0 saturated carbocycles. The van der Waals surface area contributed by atoms with E-state index in [0.717, 1.165) is 11.3 Å². The number of fused-ring (bicyclic) bond motifs is 2. The molecule has 0 N–H and O–H groups in total. The first-order valence-corrected chi connectivity index (χ1v) is 10.9. The zero-order chi connectivity index (χ0) is 23.7. The number of hydrogen-bond donors (Lipinski definition) is 0. The van der Waals surface area contributed by atoms with E-state index in [1.165, 1.54) is 0 Å². The van der Waals surface area contributed by atoms with Gasteiger partial charge in [0.25, 0.3) is 11.1 Å². The maximum Gasteiger partial charge on any atom is 0.264 e. The maximum atomic E-state index is 13.3. The molecule has 0 spiro atoms. The van der Waals surface area contributed by atoms with Crippen LogP contribution in [-0.4, -0.2) is 28.3 Å². The molecule has 170 valence electrons. The molecule has 0 amide bonds. The summed E-state index contributed by atoms with van der Waals surface area (Å²) < 4.78 is 13.9. The van der Waals surface area contributed by atoms with Gasteiger partial charge in [0.15, 0.2) is 11.5 Å². The van der Waals surface area contributed by atoms with Crippen molar-refractivity contribution in [3.8, 4) is 17.2 Å². The number of rotatable bonds is 6. The number of aryl methyl sites for hydroxylation is 2. The molecule has 0 radical (unpaired) electrons. The molecule has 3 heterocycles. The number of hydrogen-bond acceptors (Lipinski definition) is 5. The van der Waals surface area contributed by atoms with Crippen molar-refractivity contribution in [1.29, 1.82) is 0 Å². The van der Waals surface area contributed by atoms with Crippen LogP contribution >= 0.6 is 0 Å². The summed E-state index contributed by atoms with van der Waals surface area (Å²) in [5, 5.41) is 0.832. The van der Waals surface area contributed by atoms with Crippen LogP contribution in [0.5, 0.6) is 11.5 Å². The fourth-order valence-corrected chi connectivity index (χ4v) is 4.12. The molecule has 0 aliphatic carbocycles. The van der Waals surface area contributed by atoms with Gasteiger partial charge in [0, 0.05) is 24.6 Å². The van der Waals surface area contributed by atoms with Gasteiger partial charge < -0.3 is 14.0 Å². The summed E-state index contributed by atoms with van der Waals surface area (Å²) in [6, 6.07) is 20.4. The van der Waals surface area contributed by atoms with Crippen LogP contribution in [0, 0.1) is 0 Å². The topological polar surface area (TPSA) is 75.4 Å². The van der Waals surface area contributed by atoms with Gasteiger partial charge in [-0.25, -0.2) is 4.98 Å². The highest BCUT2D eigenvalue weighted by Crippen LogP contribution is 2.27. The van der Waals surface area contributed by atoms with E-state index >= 15 is 0 Å². The predicted octanol–water partition coefficient (Wildman–Crippen LogP) is 3.96. The number of pyridine rings is 3. The van der Waals surface area contributed by atoms with Gasteiger partial charge in [-0.3, -0.25) is 14.2 Å². The van der Waals surface area contributed by atoms with Crippen LogP contribution in [0.3, 0.4) is 0 Å². The van der Waals surface area contributed by atoms with E-state index in [4.69, 9.17) is 9.47 Å². The Balaban J connectivity index is 1.53. The van der Waals surface area contributed by atoms with Crippen molar-refractivity contribution in [3.05, 3.63) is 105 Å². The number of methoxy groups -OCH3 is 2. The molecule has 0 aliphatic rings. The Labute approximate surface area is 195 Å². The van der Waals surface area contributed by atoms with Gasteiger partial charge in [-0.05, 0) is 54.4 Å². The van der Waals surface area contributed by atoms with Crippen molar-refractivity contribution >= 4 is 21.8 Å². The smallest absolute Gasteiger partial charge is 0.264 e. The van der Waals surface area contributed by atoms with Crippen LogP contribution in [0.1, 0.15) is 5.56 Å². The van der Waals surface area contributed by atoms with Crippen molar-refractivity contribution in [2.24, 2.45) is 0 Å². The first-order valence-electron chi connectivity index (χ1n) is 10.9. The van der Waals surface area contributed by atoms with Gasteiger partial charge in [-0.1, -0.05) is 24.3 Å². The molecule has 3 aromatic heterocycles. The third-order valence-electron chi connectivity index (χ3n) is 5.94. The SMILES string of the molecule is COc1ccc(CCn2ccc3nc4ccn(-c5ccccc5)c(=O)c4cc3c2=O)cc1OC. The van der Waals surface area contributed by atoms with Gasteiger partial charge in [0.05, 0.1) is 36.0 Å². The second-order valence-corrected chi connectivity index (χ2v) is 7.93. The van der Waals surface area contributed by atoms with Crippen molar-refractivity contribution in [1.82, 2.24) is 14.1 Å². The normalized spacial score (nSPS) is 11.1. The van der Waals surface area contributed by atoms with E-state index < -0.39 is 0 Å². The molecule has 7 heteroatoms. The van der Waals surface area contributed by atoms with E-state index in [1.54, 1.807) is 47.9 Å². The Bertz CT molecular complexity index is 1620. The predicted molar refractivity (Wildman–Crippen MR) is 132 cm³/mol. The molecule has 0 bridgehead atoms. The summed E-state index contributed by atoms with van der Waals surface area (Å²) in [5.74, 6) is 1.31. The second-order valence-electron chi connectivity index (χ2n) is 7.93. The lowest BCUT2D eigenvalue weighted by Gasteiger charge is -2.11. The standard InChI is InChI=1S/C27H23N3O4/c1-33-24-9-8-18(16-25(24)34-2)10-13-29-14-11-22-20(26(29)31)17-21-23(28-22)12-15-30(27(21)32)19-6-4-3-5-7-19/h3-9,11-12,14-17H,10,13H2,1-2H3. The number of benzene rings is 2. The first-order chi connectivity index (χ1) is 16.6. The fraction of sp³-hybridized carbons (Fsp3) is 0.148. The number of ether oxygens (including phenoxy) is 2. The maximum absolute atomic E-state index is 13.3. The number of aromatic nitrogens is 3. The third kappa shape index (κ3) is 3.81. The van der Waals surface area contributed by atoms with Gasteiger partial charge in [0.2, 0.25) is 0 Å². The molecule has 0 fully saturated rings. The van der Waals surface area contributed by atoms with E-state index in [2.05, 4.69) is 4.98 Å². The molecule has 34 heavy (non-hydrogen) atoms. The van der Waals surface area contributed by atoms with Crippen LogP contribution in [0.15, 0.2) is 88.7 Å². The average molecular weight is 453 g/mol.